The van der Waals surface area contributed by atoms with E-state index in [1.807, 2.05) is 17.5 Å². The van der Waals surface area contributed by atoms with Gasteiger partial charge >= 0.3 is 0 Å². The lowest BCUT2D eigenvalue weighted by Gasteiger charge is -2.05. The average Bonchev–Trinajstić information content (AvgIpc) is 2.73. The summed E-state index contributed by atoms with van der Waals surface area (Å²) in [6.45, 7) is -0.00569. The van der Waals surface area contributed by atoms with E-state index in [0.717, 1.165) is 14.8 Å². The summed E-state index contributed by atoms with van der Waals surface area (Å²) < 4.78 is 0.965. The minimum absolute atomic E-state index is 0.00569. The van der Waals surface area contributed by atoms with Crippen molar-refractivity contribution in [2.24, 2.45) is 0 Å². The Hall–Kier alpha value is -0.550. The minimum Gasteiger partial charge on any atom is -0.392 e. The van der Waals surface area contributed by atoms with Gasteiger partial charge in [-0.1, -0.05) is 23.4 Å². The van der Waals surface area contributed by atoms with Gasteiger partial charge < -0.3 is 5.11 Å². The highest BCUT2D eigenvalue weighted by atomic mass is 35.5. The second-order valence-electron chi connectivity index (χ2n) is 2.81. The van der Waals surface area contributed by atoms with Crippen LogP contribution >= 0.6 is 34.7 Å². The van der Waals surface area contributed by atoms with E-state index in [0.29, 0.717) is 5.02 Å². The Kier molecular flexibility index (Phi) is 3.64. The van der Waals surface area contributed by atoms with E-state index < -0.39 is 0 Å². The largest absolute Gasteiger partial charge is 0.392 e. The first kappa shape index (κ1) is 11.0. The Bertz CT molecular complexity index is 445. The molecule has 0 radical (unpaired) electrons. The molecule has 0 aliphatic heterocycles. The van der Waals surface area contributed by atoms with Crippen LogP contribution in [0.15, 0.2) is 39.0 Å². The molecule has 0 saturated heterocycles. The Morgan fingerprint density at radius 3 is 3.00 bits per heavy atom. The number of nitrogens with zero attached hydrogens (tertiary/aromatic N) is 1. The van der Waals surface area contributed by atoms with Crippen LogP contribution < -0.4 is 0 Å². The molecule has 0 aliphatic carbocycles. The maximum absolute atomic E-state index is 9.18. The number of benzene rings is 1. The lowest BCUT2D eigenvalue weighted by molar-refractivity contribution is 0.279. The van der Waals surface area contributed by atoms with Gasteiger partial charge in [0.2, 0.25) is 0 Å². The van der Waals surface area contributed by atoms with Gasteiger partial charge in [-0.15, -0.1) is 11.3 Å². The Morgan fingerprint density at radius 1 is 1.47 bits per heavy atom. The van der Waals surface area contributed by atoms with Crippen molar-refractivity contribution >= 4 is 34.7 Å². The van der Waals surface area contributed by atoms with Crippen molar-refractivity contribution in [3.63, 3.8) is 0 Å². The number of rotatable bonds is 3. The van der Waals surface area contributed by atoms with Gasteiger partial charge in [-0.2, -0.15) is 0 Å². The van der Waals surface area contributed by atoms with Crippen molar-refractivity contribution in [2.75, 3.05) is 0 Å². The van der Waals surface area contributed by atoms with Crippen LogP contribution in [0.4, 0.5) is 0 Å². The Balaban J connectivity index is 2.28. The maximum Gasteiger partial charge on any atom is 0.154 e. The highest BCUT2D eigenvalue weighted by Gasteiger charge is 2.05. The van der Waals surface area contributed by atoms with E-state index in [1.54, 1.807) is 35.4 Å². The Labute approximate surface area is 101 Å². The zero-order valence-electron chi connectivity index (χ0n) is 7.68. The van der Waals surface area contributed by atoms with Crippen LogP contribution in [-0.2, 0) is 6.61 Å². The number of aliphatic hydroxyl groups is 1. The summed E-state index contributed by atoms with van der Waals surface area (Å²) >= 11 is 8.97. The normalized spacial score (nSPS) is 10.5. The average molecular weight is 258 g/mol. The van der Waals surface area contributed by atoms with Crippen molar-refractivity contribution in [1.29, 1.82) is 0 Å². The number of hydrogen-bond donors (Lipinski definition) is 1. The summed E-state index contributed by atoms with van der Waals surface area (Å²) in [5.41, 5.74) is 0.836. The maximum atomic E-state index is 9.18. The van der Waals surface area contributed by atoms with Gasteiger partial charge in [0.05, 0.1) is 6.61 Å². The third-order valence-electron chi connectivity index (χ3n) is 1.80. The van der Waals surface area contributed by atoms with Gasteiger partial charge in [-0.25, -0.2) is 4.98 Å². The van der Waals surface area contributed by atoms with Crippen LogP contribution in [-0.4, -0.2) is 10.1 Å². The number of thiazole rings is 1. The standard InChI is InChI=1S/C10H8ClNOS2/c11-8-1-2-9(7(5-8)6-13)15-10-12-3-4-14-10/h1-5,13H,6H2. The van der Waals surface area contributed by atoms with Crippen molar-refractivity contribution in [3.8, 4) is 0 Å². The van der Waals surface area contributed by atoms with Crippen molar-refractivity contribution < 1.29 is 5.11 Å². The van der Waals surface area contributed by atoms with Crippen LogP contribution in [0.25, 0.3) is 0 Å². The second-order valence-corrected chi connectivity index (χ2v) is 5.43. The minimum atomic E-state index is -0.00569. The van der Waals surface area contributed by atoms with Gasteiger partial charge in [0.15, 0.2) is 4.34 Å². The molecule has 15 heavy (non-hydrogen) atoms. The summed E-state index contributed by atoms with van der Waals surface area (Å²) in [7, 11) is 0. The third kappa shape index (κ3) is 2.72. The SMILES string of the molecule is OCc1cc(Cl)ccc1Sc1nccs1. The molecule has 78 valence electrons. The summed E-state index contributed by atoms with van der Waals surface area (Å²) in [5, 5.41) is 11.8. The topological polar surface area (TPSA) is 33.1 Å². The van der Waals surface area contributed by atoms with Crippen LogP contribution in [0, 0.1) is 0 Å². The first-order valence-electron chi connectivity index (χ1n) is 4.26. The molecule has 2 aromatic rings. The van der Waals surface area contributed by atoms with E-state index in [-0.39, 0.29) is 6.61 Å². The lowest BCUT2D eigenvalue weighted by Crippen LogP contribution is -1.87. The van der Waals surface area contributed by atoms with E-state index >= 15 is 0 Å². The third-order valence-corrected chi connectivity index (χ3v) is 4.04. The molecule has 1 N–H and O–H groups in total. The highest BCUT2D eigenvalue weighted by Crippen LogP contribution is 2.32. The van der Waals surface area contributed by atoms with Crippen LogP contribution in [0.2, 0.25) is 5.02 Å². The van der Waals surface area contributed by atoms with Crippen molar-refractivity contribution in [2.45, 2.75) is 15.8 Å². The molecule has 2 nitrogen and oxygen atoms in total. The smallest absolute Gasteiger partial charge is 0.154 e. The summed E-state index contributed by atoms with van der Waals surface area (Å²) in [6.07, 6.45) is 1.77. The molecule has 0 aliphatic rings. The summed E-state index contributed by atoms with van der Waals surface area (Å²) in [5.74, 6) is 0. The van der Waals surface area contributed by atoms with Crippen LogP contribution in [0.5, 0.6) is 0 Å². The molecule has 0 atom stereocenters. The summed E-state index contributed by atoms with van der Waals surface area (Å²) in [6, 6.07) is 5.49. The first-order chi connectivity index (χ1) is 7.29. The molecule has 1 aromatic carbocycles. The van der Waals surface area contributed by atoms with Gasteiger partial charge in [-0.05, 0) is 23.8 Å². The predicted octanol–water partition coefficient (Wildman–Crippen LogP) is 3.44. The van der Waals surface area contributed by atoms with Crippen LogP contribution in [0.3, 0.4) is 0 Å². The molecule has 5 heteroatoms. The molecule has 0 saturated carbocycles. The number of aromatic nitrogens is 1. The van der Waals surface area contributed by atoms with Crippen molar-refractivity contribution in [3.05, 3.63) is 40.4 Å². The quantitative estimate of drug-likeness (QED) is 0.914. The molecular formula is C10H8ClNOS2. The molecule has 0 bridgehead atoms. The molecule has 0 spiro atoms. The number of hydrogen-bond acceptors (Lipinski definition) is 4. The molecule has 0 unspecified atom stereocenters. The Morgan fingerprint density at radius 2 is 2.33 bits per heavy atom. The fourth-order valence-electron chi connectivity index (χ4n) is 1.13. The predicted molar refractivity (Wildman–Crippen MR) is 63.6 cm³/mol. The monoisotopic (exact) mass is 257 g/mol. The fraction of sp³-hybridized carbons (Fsp3) is 0.100. The number of aliphatic hydroxyl groups excluding tert-OH is 1. The van der Waals surface area contributed by atoms with Gasteiger partial charge in [-0.3, -0.25) is 0 Å². The first-order valence-corrected chi connectivity index (χ1v) is 6.33. The number of halogens is 1. The van der Waals surface area contributed by atoms with E-state index in [4.69, 9.17) is 11.6 Å². The fourth-order valence-corrected chi connectivity index (χ4v) is 3.00. The lowest BCUT2D eigenvalue weighted by atomic mass is 10.2. The highest BCUT2D eigenvalue weighted by molar-refractivity contribution is 8.01. The van der Waals surface area contributed by atoms with Gasteiger partial charge in [0.1, 0.15) is 0 Å². The van der Waals surface area contributed by atoms with Crippen molar-refractivity contribution in [1.82, 2.24) is 4.98 Å². The van der Waals surface area contributed by atoms with E-state index in [9.17, 15) is 5.11 Å². The molecule has 0 fully saturated rings. The van der Waals surface area contributed by atoms with Gasteiger partial charge in [0.25, 0.3) is 0 Å². The zero-order valence-corrected chi connectivity index (χ0v) is 10.1. The summed E-state index contributed by atoms with van der Waals surface area (Å²) in [4.78, 5) is 5.17. The molecule has 2 rings (SSSR count). The molecular weight excluding hydrogens is 250 g/mol. The van der Waals surface area contributed by atoms with E-state index in [1.165, 1.54) is 0 Å². The second kappa shape index (κ2) is 4.99. The zero-order chi connectivity index (χ0) is 10.7. The molecule has 1 heterocycles. The van der Waals surface area contributed by atoms with Crippen LogP contribution in [0.1, 0.15) is 5.56 Å². The van der Waals surface area contributed by atoms with E-state index in [2.05, 4.69) is 4.98 Å². The molecule has 1 aromatic heterocycles. The molecule has 0 amide bonds. The van der Waals surface area contributed by atoms with Gasteiger partial charge in [0, 0.05) is 21.5 Å².